The van der Waals surface area contributed by atoms with Gasteiger partial charge >= 0.3 is 0 Å². The predicted molar refractivity (Wildman–Crippen MR) is 60.6 cm³/mol. The van der Waals surface area contributed by atoms with Crippen LogP contribution in [0.15, 0.2) is 36.0 Å². The first-order valence-electron chi connectivity index (χ1n) is 4.55. The van der Waals surface area contributed by atoms with Crippen LogP contribution in [0.5, 0.6) is 0 Å². The summed E-state index contributed by atoms with van der Waals surface area (Å²) < 4.78 is 0. The topological polar surface area (TPSA) is 67.8 Å². The SMILES string of the molecule is C=C/C(C)=C\C(C#N)=C/CC#N.CCO. The average molecular weight is 204 g/mol. The molecule has 0 spiro atoms. The second kappa shape index (κ2) is 12.2. The standard InChI is InChI=1S/C10H10N2.C2H6O/c1-3-9(2)7-10(8-12)5-4-6-11;1-2-3/h3,5,7H,1,4H2,2H3;3H,2H2,1H3/b9-7-,10-5+;. The van der Waals surface area contributed by atoms with Crippen molar-refractivity contribution in [3.8, 4) is 12.1 Å². The summed E-state index contributed by atoms with van der Waals surface area (Å²) >= 11 is 0. The number of nitrogens with zero attached hydrogens (tertiary/aromatic N) is 2. The summed E-state index contributed by atoms with van der Waals surface area (Å²) in [5.74, 6) is 0. The molecule has 3 heteroatoms. The van der Waals surface area contributed by atoms with Gasteiger partial charge in [-0.15, -0.1) is 0 Å². The van der Waals surface area contributed by atoms with E-state index in [9.17, 15) is 0 Å². The summed E-state index contributed by atoms with van der Waals surface area (Å²) in [6.45, 7) is 7.34. The van der Waals surface area contributed by atoms with Gasteiger partial charge in [-0.05, 0) is 19.9 Å². The molecule has 15 heavy (non-hydrogen) atoms. The summed E-state index contributed by atoms with van der Waals surface area (Å²) in [4.78, 5) is 0. The van der Waals surface area contributed by atoms with Crippen LogP contribution in [0.1, 0.15) is 20.3 Å². The minimum atomic E-state index is 0.250. The summed E-state index contributed by atoms with van der Waals surface area (Å²) in [7, 11) is 0. The van der Waals surface area contributed by atoms with Crippen molar-refractivity contribution in [1.82, 2.24) is 0 Å². The van der Waals surface area contributed by atoms with Gasteiger partial charge in [0.2, 0.25) is 0 Å². The molecule has 3 nitrogen and oxygen atoms in total. The molecule has 0 heterocycles. The van der Waals surface area contributed by atoms with Crippen LogP contribution in [0.25, 0.3) is 0 Å². The van der Waals surface area contributed by atoms with Crippen LogP contribution in [0.4, 0.5) is 0 Å². The Morgan fingerprint density at radius 2 is 2.00 bits per heavy atom. The van der Waals surface area contributed by atoms with E-state index in [2.05, 4.69) is 6.58 Å². The Labute approximate surface area is 91.3 Å². The van der Waals surface area contributed by atoms with Crippen molar-refractivity contribution in [2.24, 2.45) is 0 Å². The molecular formula is C12H16N2O. The van der Waals surface area contributed by atoms with E-state index in [0.717, 1.165) is 5.57 Å². The third-order valence-corrected chi connectivity index (χ3v) is 1.25. The molecule has 80 valence electrons. The fraction of sp³-hybridized carbons (Fsp3) is 0.333. The van der Waals surface area contributed by atoms with Gasteiger partial charge in [0.1, 0.15) is 0 Å². The maximum atomic E-state index is 8.59. The van der Waals surface area contributed by atoms with Crippen LogP contribution in [0, 0.1) is 22.7 Å². The highest BCUT2D eigenvalue weighted by Crippen LogP contribution is 2.02. The molecular weight excluding hydrogens is 188 g/mol. The van der Waals surface area contributed by atoms with Gasteiger partial charge in [0, 0.05) is 12.2 Å². The maximum Gasteiger partial charge on any atom is 0.0988 e. The molecule has 0 saturated carbocycles. The number of aliphatic hydroxyl groups excluding tert-OH is 1. The molecule has 0 amide bonds. The van der Waals surface area contributed by atoms with Gasteiger partial charge in [0.25, 0.3) is 0 Å². The van der Waals surface area contributed by atoms with Crippen molar-refractivity contribution in [2.75, 3.05) is 6.61 Å². The monoisotopic (exact) mass is 204 g/mol. The first kappa shape index (κ1) is 15.6. The molecule has 0 aromatic rings. The number of allylic oxidation sites excluding steroid dienone is 5. The summed E-state index contributed by atoms with van der Waals surface area (Å²) in [5.41, 5.74) is 1.43. The van der Waals surface area contributed by atoms with E-state index < -0.39 is 0 Å². The molecule has 0 aliphatic rings. The number of aliphatic hydroxyl groups is 1. The third kappa shape index (κ3) is 12.2. The first-order valence-corrected chi connectivity index (χ1v) is 4.55. The van der Waals surface area contributed by atoms with Crippen LogP contribution in [0.2, 0.25) is 0 Å². The quantitative estimate of drug-likeness (QED) is 0.567. The van der Waals surface area contributed by atoms with Crippen LogP contribution in [0.3, 0.4) is 0 Å². The highest BCUT2D eigenvalue weighted by molar-refractivity contribution is 5.37. The van der Waals surface area contributed by atoms with Crippen LogP contribution >= 0.6 is 0 Å². The van der Waals surface area contributed by atoms with E-state index >= 15 is 0 Å². The van der Waals surface area contributed by atoms with Crippen molar-refractivity contribution in [3.63, 3.8) is 0 Å². The van der Waals surface area contributed by atoms with Gasteiger partial charge in [-0.25, -0.2) is 0 Å². The molecule has 0 atom stereocenters. The molecule has 0 aliphatic carbocycles. The second-order valence-electron chi connectivity index (χ2n) is 2.54. The maximum absolute atomic E-state index is 8.59. The van der Waals surface area contributed by atoms with E-state index in [4.69, 9.17) is 15.6 Å². The second-order valence-corrected chi connectivity index (χ2v) is 2.54. The lowest BCUT2D eigenvalue weighted by atomic mass is 10.1. The lowest BCUT2D eigenvalue weighted by Crippen LogP contribution is -1.74. The van der Waals surface area contributed by atoms with Crippen molar-refractivity contribution < 1.29 is 5.11 Å². The number of rotatable bonds is 3. The first-order chi connectivity index (χ1) is 7.15. The zero-order valence-electron chi connectivity index (χ0n) is 9.20. The van der Waals surface area contributed by atoms with Crippen molar-refractivity contribution >= 4 is 0 Å². The molecule has 0 unspecified atom stereocenters. The normalized spacial score (nSPS) is 10.5. The highest BCUT2D eigenvalue weighted by atomic mass is 16.2. The summed E-state index contributed by atoms with van der Waals surface area (Å²) in [6.07, 6.45) is 5.22. The Hall–Kier alpha value is -1.84. The molecule has 0 bridgehead atoms. The van der Waals surface area contributed by atoms with Gasteiger partial charge in [0.05, 0.1) is 18.6 Å². The van der Waals surface area contributed by atoms with Crippen LogP contribution in [-0.4, -0.2) is 11.7 Å². The molecule has 0 aromatic carbocycles. The molecule has 1 N–H and O–H groups in total. The Morgan fingerprint density at radius 1 is 1.47 bits per heavy atom. The van der Waals surface area contributed by atoms with E-state index in [1.54, 1.807) is 25.2 Å². The van der Waals surface area contributed by atoms with Crippen LogP contribution < -0.4 is 0 Å². The largest absolute Gasteiger partial charge is 0.397 e. The van der Waals surface area contributed by atoms with Crippen LogP contribution in [-0.2, 0) is 0 Å². The molecule has 0 rings (SSSR count). The van der Waals surface area contributed by atoms with Gasteiger partial charge < -0.3 is 5.11 Å². The number of hydrogen-bond acceptors (Lipinski definition) is 3. The van der Waals surface area contributed by atoms with E-state index in [0.29, 0.717) is 5.57 Å². The minimum Gasteiger partial charge on any atom is -0.397 e. The fourth-order valence-electron chi connectivity index (χ4n) is 0.597. The molecule has 0 aromatic heterocycles. The molecule has 0 radical (unpaired) electrons. The zero-order chi connectivity index (χ0) is 12.1. The highest BCUT2D eigenvalue weighted by Gasteiger charge is 1.89. The van der Waals surface area contributed by atoms with Crippen molar-refractivity contribution in [2.45, 2.75) is 20.3 Å². The smallest absolute Gasteiger partial charge is 0.0988 e. The third-order valence-electron chi connectivity index (χ3n) is 1.25. The summed E-state index contributed by atoms with van der Waals surface area (Å²) in [6, 6.07) is 3.93. The Kier molecular flexibility index (Phi) is 12.7. The molecule has 0 aliphatic heterocycles. The number of nitriles is 2. The summed E-state index contributed by atoms with van der Waals surface area (Å²) in [5, 5.41) is 24.4. The molecule has 0 saturated heterocycles. The average Bonchev–Trinajstić information content (AvgIpc) is 2.24. The number of hydrogen-bond donors (Lipinski definition) is 1. The van der Waals surface area contributed by atoms with Gasteiger partial charge in [-0.3, -0.25) is 0 Å². The lowest BCUT2D eigenvalue weighted by molar-refractivity contribution is 0.318. The predicted octanol–water partition coefficient (Wildman–Crippen LogP) is 2.48. The minimum absolute atomic E-state index is 0.250. The van der Waals surface area contributed by atoms with E-state index in [1.165, 1.54) is 0 Å². The Bertz CT molecular complexity index is 313. The molecule has 0 fully saturated rings. The van der Waals surface area contributed by atoms with Crippen molar-refractivity contribution in [1.29, 1.82) is 10.5 Å². The van der Waals surface area contributed by atoms with E-state index in [1.807, 2.05) is 19.1 Å². The van der Waals surface area contributed by atoms with Gasteiger partial charge in [-0.1, -0.05) is 24.3 Å². The van der Waals surface area contributed by atoms with Gasteiger partial charge in [0.15, 0.2) is 0 Å². The Balaban J connectivity index is 0. The zero-order valence-corrected chi connectivity index (χ0v) is 9.20. The Morgan fingerprint density at radius 3 is 2.33 bits per heavy atom. The lowest BCUT2D eigenvalue weighted by Gasteiger charge is -1.89. The van der Waals surface area contributed by atoms with Gasteiger partial charge in [-0.2, -0.15) is 10.5 Å². The van der Waals surface area contributed by atoms with E-state index in [-0.39, 0.29) is 13.0 Å². The van der Waals surface area contributed by atoms with Crippen molar-refractivity contribution in [3.05, 3.63) is 36.0 Å². The fourth-order valence-corrected chi connectivity index (χ4v) is 0.597.